The summed E-state index contributed by atoms with van der Waals surface area (Å²) in [6.45, 7) is 0.00323. The summed E-state index contributed by atoms with van der Waals surface area (Å²) in [7, 11) is 0. The van der Waals surface area contributed by atoms with Crippen LogP contribution in [0.25, 0.3) is 0 Å². The van der Waals surface area contributed by atoms with E-state index in [1.807, 2.05) is 0 Å². The number of nitrogens with zero attached hydrogens (tertiary/aromatic N) is 1. The number of morpholine rings is 1. The summed E-state index contributed by atoms with van der Waals surface area (Å²) in [5.41, 5.74) is 0.422. The van der Waals surface area contributed by atoms with Gasteiger partial charge in [-0.15, -0.1) is 0 Å². The van der Waals surface area contributed by atoms with Gasteiger partial charge in [-0.25, -0.2) is 4.39 Å². The van der Waals surface area contributed by atoms with Crippen molar-refractivity contribution in [1.82, 2.24) is 4.90 Å². The zero-order chi connectivity index (χ0) is 14.5. The van der Waals surface area contributed by atoms with Crippen molar-refractivity contribution in [3.8, 4) is 0 Å². The van der Waals surface area contributed by atoms with Gasteiger partial charge >= 0.3 is 0 Å². The summed E-state index contributed by atoms with van der Waals surface area (Å²) < 4.78 is 17.5. The molecule has 1 heterocycles. The van der Waals surface area contributed by atoms with Gasteiger partial charge < -0.3 is 4.74 Å². The van der Waals surface area contributed by atoms with Crippen molar-refractivity contribution in [2.75, 3.05) is 19.8 Å². The second kappa shape index (κ2) is 6.38. The minimum atomic E-state index is -0.397. The molecule has 2 rings (SSSR count). The van der Waals surface area contributed by atoms with Crippen molar-refractivity contribution in [3.05, 3.63) is 35.6 Å². The van der Waals surface area contributed by atoms with E-state index in [9.17, 15) is 18.8 Å². The highest BCUT2D eigenvalue weighted by Crippen LogP contribution is 2.09. The van der Waals surface area contributed by atoms with E-state index in [-0.39, 0.29) is 43.8 Å². The van der Waals surface area contributed by atoms with Crippen LogP contribution in [0.4, 0.5) is 4.39 Å². The lowest BCUT2D eigenvalue weighted by Gasteiger charge is -2.24. The van der Waals surface area contributed by atoms with E-state index in [4.69, 9.17) is 4.74 Å². The van der Waals surface area contributed by atoms with Crippen LogP contribution in [-0.2, 0) is 14.3 Å². The zero-order valence-corrected chi connectivity index (χ0v) is 10.8. The van der Waals surface area contributed by atoms with Crippen molar-refractivity contribution in [1.29, 1.82) is 0 Å². The molecule has 1 fully saturated rings. The number of Topliss-reactive ketones (excluding diaryl/α,β-unsaturated/α-hetero) is 1. The molecule has 5 nitrogen and oxygen atoms in total. The summed E-state index contributed by atoms with van der Waals surface area (Å²) in [5, 5.41) is 0. The van der Waals surface area contributed by atoms with Crippen LogP contribution in [0.1, 0.15) is 23.2 Å². The number of halogens is 1. The topological polar surface area (TPSA) is 63.7 Å². The fraction of sp³-hybridized carbons (Fsp3) is 0.357. The van der Waals surface area contributed by atoms with Gasteiger partial charge in [-0.05, 0) is 30.7 Å². The summed E-state index contributed by atoms with van der Waals surface area (Å²) in [6.07, 6.45) is 0.581. The maximum absolute atomic E-state index is 12.7. The molecular weight excluding hydrogens is 265 g/mol. The predicted molar refractivity (Wildman–Crippen MR) is 67.5 cm³/mol. The van der Waals surface area contributed by atoms with Gasteiger partial charge in [-0.2, -0.15) is 0 Å². The van der Waals surface area contributed by atoms with Crippen LogP contribution >= 0.6 is 0 Å². The van der Waals surface area contributed by atoms with E-state index in [0.29, 0.717) is 12.0 Å². The molecular formula is C14H14FNO4. The highest BCUT2D eigenvalue weighted by molar-refractivity contribution is 5.98. The number of benzene rings is 1. The SMILES string of the molecule is O=C(CCCN1C(=O)COCC1=O)c1ccc(F)cc1. The Labute approximate surface area is 115 Å². The molecule has 0 N–H and O–H groups in total. The first-order chi connectivity index (χ1) is 9.58. The van der Waals surface area contributed by atoms with E-state index < -0.39 is 5.82 Å². The van der Waals surface area contributed by atoms with Gasteiger partial charge in [0, 0.05) is 18.5 Å². The standard InChI is InChI=1S/C14H14FNO4/c15-11-5-3-10(4-6-11)12(17)2-1-7-16-13(18)8-20-9-14(16)19/h3-6H,1-2,7-9H2. The molecule has 0 unspecified atom stereocenters. The van der Waals surface area contributed by atoms with E-state index >= 15 is 0 Å². The Hall–Kier alpha value is -2.08. The third-order valence-corrected chi connectivity index (χ3v) is 3.00. The quantitative estimate of drug-likeness (QED) is 0.599. The third kappa shape index (κ3) is 3.48. The molecule has 0 bridgehead atoms. The van der Waals surface area contributed by atoms with Crippen molar-refractivity contribution in [2.24, 2.45) is 0 Å². The molecule has 0 spiro atoms. The Balaban J connectivity index is 1.83. The minimum Gasteiger partial charge on any atom is -0.362 e. The number of hydrogen-bond acceptors (Lipinski definition) is 4. The van der Waals surface area contributed by atoms with Gasteiger partial charge in [-0.3, -0.25) is 19.3 Å². The molecule has 0 atom stereocenters. The van der Waals surface area contributed by atoms with Crippen LogP contribution in [0.15, 0.2) is 24.3 Å². The number of hydrogen-bond donors (Lipinski definition) is 0. The molecule has 1 aliphatic heterocycles. The largest absolute Gasteiger partial charge is 0.362 e. The molecule has 20 heavy (non-hydrogen) atoms. The molecule has 1 saturated heterocycles. The number of ether oxygens (including phenoxy) is 1. The minimum absolute atomic E-state index is 0.0996. The average Bonchev–Trinajstić information content (AvgIpc) is 2.42. The maximum Gasteiger partial charge on any atom is 0.255 e. The second-order valence-electron chi connectivity index (χ2n) is 4.47. The summed E-state index contributed by atoms with van der Waals surface area (Å²) >= 11 is 0. The average molecular weight is 279 g/mol. The number of rotatable bonds is 5. The highest BCUT2D eigenvalue weighted by Gasteiger charge is 2.26. The first kappa shape index (κ1) is 14.3. The van der Waals surface area contributed by atoms with Gasteiger partial charge in [-0.1, -0.05) is 0 Å². The molecule has 1 aromatic rings. The van der Waals surface area contributed by atoms with Crippen LogP contribution in [-0.4, -0.2) is 42.3 Å². The number of carbonyl (C=O) groups is 3. The second-order valence-corrected chi connectivity index (χ2v) is 4.47. The maximum atomic E-state index is 12.7. The monoisotopic (exact) mass is 279 g/mol. The number of ketones is 1. The van der Waals surface area contributed by atoms with E-state index in [0.717, 1.165) is 4.90 Å². The summed E-state index contributed by atoms with van der Waals surface area (Å²) in [4.78, 5) is 35.8. The molecule has 0 radical (unpaired) electrons. The van der Waals surface area contributed by atoms with Crippen LogP contribution in [0.2, 0.25) is 0 Å². The van der Waals surface area contributed by atoms with Gasteiger partial charge in [0.25, 0.3) is 11.8 Å². The normalized spacial score (nSPS) is 15.6. The third-order valence-electron chi connectivity index (χ3n) is 3.00. The lowest BCUT2D eigenvalue weighted by atomic mass is 10.1. The number of amides is 2. The Bertz CT molecular complexity index is 510. The first-order valence-corrected chi connectivity index (χ1v) is 6.27. The Morgan fingerprint density at radius 1 is 1.15 bits per heavy atom. The van der Waals surface area contributed by atoms with E-state index in [1.165, 1.54) is 24.3 Å². The Morgan fingerprint density at radius 2 is 1.75 bits per heavy atom. The molecule has 1 aliphatic rings. The fourth-order valence-corrected chi connectivity index (χ4v) is 1.95. The van der Waals surface area contributed by atoms with Crippen molar-refractivity contribution in [2.45, 2.75) is 12.8 Å². The Kier molecular flexibility index (Phi) is 4.57. The summed E-state index contributed by atoms with van der Waals surface area (Å²) in [6, 6.07) is 5.29. The lowest BCUT2D eigenvalue weighted by molar-refractivity contribution is -0.158. The fourth-order valence-electron chi connectivity index (χ4n) is 1.95. The summed E-state index contributed by atoms with van der Waals surface area (Å²) in [5.74, 6) is -1.30. The Morgan fingerprint density at radius 3 is 2.35 bits per heavy atom. The van der Waals surface area contributed by atoms with Crippen LogP contribution in [0.3, 0.4) is 0 Å². The molecule has 6 heteroatoms. The molecule has 0 aliphatic carbocycles. The highest BCUT2D eigenvalue weighted by atomic mass is 19.1. The van der Waals surface area contributed by atoms with Crippen molar-refractivity contribution in [3.63, 3.8) is 0 Å². The van der Waals surface area contributed by atoms with E-state index in [1.54, 1.807) is 0 Å². The molecule has 1 aromatic carbocycles. The van der Waals surface area contributed by atoms with Gasteiger partial charge in [0.05, 0.1) is 0 Å². The van der Waals surface area contributed by atoms with Crippen LogP contribution in [0.5, 0.6) is 0 Å². The number of imide groups is 1. The number of carbonyl (C=O) groups excluding carboxylic acids is 3. The predicted octanol–water partition coefficient (Wildman–Crippen LogP) is 1.17. The first-order valence-electron chi connectivity index (χ1n) is 6.27. The molecule has 106 valence electrons. The van der Waals surface area contributed by atoms with Crippen LogP contribution in [0, 0.1) is 5.82 Å². The van der Waals surface area contributed by atoms with Gasteiger partial charge in [0.2, 0.25) is 0 Å². The molecule has 2 amide bonds. The smallest absolute Gasteiger partial charge is 0.255 e. The zero-order valence-electron chi connectivity index (χ0n) is 10.8. The van der Waals surface area contributed by atoms with Crippen molar-refractivity contribution >= 4 is 17.6 Å². The van der Waals surface area contributed by atoms with Gasteiger partial charge in [0.15, 0.2) is 5.78 Å². The lowest BCUT2D eigenvalue weighted by Crippen LogP contribution is -2.46. The molecule has 0 saturated carbocycles. The van der Waals surface area contributed by atoms with Gasteiger partial charge in [0.1, 0.15) is 19.0 Å². The van der Waals surface area contributed by atoms with Crippen molar-refractivity contribution < 1.29 is 23.5 Å². The van der Waals surface area contributed by atoms with Crippen LogP contribution < -0.4 is 0 Å². The molecule has 0 aromatic heterocycles. The van der Waals surface area contributed by atoms with E-state index in [2.05, 4.69) is 0 Å².